The van der Waals surface area contributed by atoms with E-state index in [-0.39, 0.29) is 33.8 Å². The third-order valence-corrected chi connectivity index (χ3v) is 2.02. The van der Waals surface area contributed by atoms with Crippen LogP contribution in [0.5, 0.6) is 0 Å². The third-order valence-electron chi connectivity index (χ3n) is 2.02. The molecule has 0 aliphatic rings. The molecule has 4 heteroatoms. The maximum Gasteiger partial charge on any atom is 0.336 e. The van der Waals surface area contributed by atoms with Crippen LogP contribution in [-0.4, -0.2) is 11.1 Å². The Kier molecular flexibility index (Phi) is 5.61. The van der Waals surface area contributed by atoms with Gasteiger partial charge in [-0.15, -0.1) is 0 Å². The largest absolute Gasteiger partial charge is 0.478 e. The SMILES string of the molecule is O=C(O)c1cccc2ccccc12.[Co].[Mn]. The molecule has 0 heterocycles. The zero-order valence-electron chi connectivity index (χ0n) is 7.61. The summed E-state index contributed by atoms with van der Waals surface area (Å²) in [6.07, 6.45) is 0. The Morgan fingerprint density at radius 1 is 1.00 bits per heavy atom. The maximum atomic E-state index is 10.8. The fraction of sp³-hybridized carbons (Fsp3) is 0. The van der Waals surface area contributed by atoms with Crippen molar-refractivity contribution in [2.75, 3.05) is 0 Å². The molecule has 0 aliphatic heterocycles. The minimum Gasteiger partial charge on any atom is -0.478 e. The van der Waals surface area contributed by atoms with Gasteiger partial charge in [0, 0.05) is 33.8 Å². The number of carbonyl (C=O) groups is 1. The van der Waals surface area contributed by atoms with Crippen LogP contribution < -0.4 is 0 Å². The summed E-state index contributed by atoms with van der Waals surface area (Å²) in [5.74, 6) is -0.878. The third kappa shape index (κ3) is 2.83. The van der Waals surface area contributed by atoms with E-state index in [9.17, 15) is 4.79 Å². The van der Waals surface area contributed by atoms with Crippen molar-refractivity contribution in [1.29, 1.82) is 0 Å². The van der Waals surface area contributed by atoms with Gasteiger partial charge in [0.05, 0.1) is 5.56 Å². The van der Waals surface area contributed by atoms with E-state index in [2.05, 4.69) is 0 Å². The Hall–Kier alpha value is -0.804. The predicted molar refractivity (Wildman–Crippen MR) is 50.9 cm³/mol. The minimum atomic E-state index is -0.878. The Labute approximate surface area is 108 Å². The molecule has 1 N–H and O–H groups in total. The van der Waals surface area contributed by atoms with Crippen LogP contribution in [0, 0.1) is 0 Å². The molecule has 0 fully saturated rings. The van der Waals surface area contributed by atoms with Gasteiger partial charge in [-0.3, -0.25) is 0 Å². The summed E-state index contributed by atoms with van der Waals surface area (Å²) in [6.45, 7) is 0. The van der Waals surface area contributed by atoms with Crippen LogP contribution in [-0.2, 0) is 33.8 Å². The molecule has 15 heavy (non-hydrogen) atoms. The van der Waals surface area contributed by atoms with E-state index in [4.69, 9.17) is 5.11 Å². The van der Waals surface area contributed by atoms with Crippen molar-refractivity contribution >= 4 is 16.7 Å². The van der Waals surface area contributed by atoms with Crippen molar-refractivity contribution in [3.8, 4) is 0 Å². The first-order valence-corrected chi connectivity index (χ1v) is 4.00. The van der Waals surface area contributed by atoms with E-state index in [1.165, 1.54) is 0 Å². The van der Waals surface area contributed by atoms with E-state index in [1.807, 2.05) is 30.3 Å². The number of rotatable bonds is 1. The van der Waals surface area contributed by atoms with E-state index in [0.717, 1.165) is 10.8 Å². The van der Waals surface area contributed by atoms with Crippen LogP contribution in [0.3, 0.4) is 0 Å². The Balaban J connectivity index is 0.000000980. The average molecular weight is 286 g/mol. The van der Waals surface area contributed by atoms with Gasteiger partial charge in [-0.1, -0.05) is 36.4 Å². The van der Waals surface area contributed by atoms with Crippen molar-refractivity contribution in [3.05, 3.63) is 48.0 Å². The van der Waals surface area contributed by atoms with Gasteiger partial charge in [0.2, 0.25) is 0 Å². The first-order chi connectivity index (χ1) is 6.29. The van der Waals surface area contributed by atoms with E-state index < -0.39 is 5.97 Å². The minimum absolute atomic E-state index is 0. The number of carboxylic acids is 1. The summed E-state index contributed by atoms with van der Waals surface area (Å²) in [5.41, 5.74) is 0.359. The second kappa shape index (κ2) is 5.93. The van der Waals surface area contributed by atoms with Crippen LogP contribution in [0.15, 0.2) is 42.5 Å². The average Bonchev–Trinajstić information content (AvgIpc) is 2.17. The molecule has 2 rings (SSSR count). The van der Waals surface area contributed by atoms with Crippen molar-refractivity contribution < 1.29 is 43.7 Å². The molecule has 2 aromatic rings. The van der Waals surface area contributed by atoms with Crippen LogP contribution in [0.4, 0.5) is 0 Å². The maximum absolute atomic E-state index is 10.8. The molecule has 2 nitrogen and oxygen atoms in total. The summed E-state index contributed by atoms with van der Waals surface area (Å²) < 4.78 is 0. The van der Waals surface area contributed by atoms with Gasteiger partial charge >= 0.3 is 5.97 Å². The number of benzene rings is 2. The molecule has 2 aromatic carbocycles. The predicted octanol–water partition coefficient (Wildman–Crippen LogP) is 2.53. The molecule has 0 amide bonds. The normalized spacial score (nSPS) is 8.80. The van der Waals surface area contributed by atoms with E-state index in [0.29, 0.717) is 5.56 Å². The summed E-state index contributed by atoms with van der Waals surface area (Å²) in [6, 6.07) is 12.7. The molecular weight excluding hydrogens is 278 g/mol. The summed E-state index contributed by atoms with van der Waals surface area (Å²) in [7, 11) is 0. The van der Waals surface area contributed by atoms with Gasteiger partial charge in [0.1, 0.15) is 0 Å². The van der Waals surface area contributed by atoms with Gasteiger partial charge in [0.25, 0.3) is 0 Å². The fourth-order valence-corrected chi connectivity index (χ4v) is 1.41. The number of fused-ring (bicyclic) bond motifs is 1. The summed E-state index contributed by atoms with van der Waals surface area (Å²) in [5, 5.41) is 10.6. The molecule has 0 unspecified atom stereocenters. The quantitative estimate of drug-likeness (QED) is 0.818. The first-order valence-electron chi connectivity index (χ1n) is 4.00. The smallest absolute Gasteiger partial charge is 0.336 e. The molecule has 0 spiro atoms. The van der Waals surface area contributed by atoms with Crippen molar-refractivity contribution in [3.63, 3.8) is 0 Å². The fourth-order valence-electron chi connectivity index (χ4n) is 1.41. The standard InChI is InChI=1S/C11H8O2.Co.Mn/c12-11(13)10-7-3-5-8-4-1-2-6-9(8)10;;/h1-7H,(H,12,13);;. The first kappa shape index (κ1) is 14.2. The Morgan fingerprint density at radius 3 is 2.27 bits per heavy atom. The number of hydrogen-bond acceptors (Lipinski definition) is 1. The van der Waals surface area contributed by atoms with Crippen LogP contribution in [0.1, 0.15) is 10.4 Å². The topological polar surface area (TPSA) is 37.3 Å². The summed E-state index contributed by atoms with van der Waals surface area (Å²) in [4.78, 5) is 10.8. The van der Waals surface area contributed by atoms with Gasteiger partial charge in [-0.2, -0.15) is 0 Å². The zero-order chi connectivity index (χ0) is 9.26. The second-order valence-electron chi connectivity index (χ2n) is 2.83. The molecule has 0 atom stereocenters. The zero-order valence-corrected chi connectivity index (χ0v) is 9.83. The molecule has 80 valence electrons. The van der Waals surface area contributed by atoms with Crippen molar-refractivity contribution in [1.82, 2.24) is 0 Å². The number of carboxylic acid groups (broad SMARTS) is 1. The molecule has 0 saturated heterocycles. The Morgan fingerprint density at radius 2 is 1.60 bits per heavy atom. The molecule has 0 aromatic heterocycles. The molecule has 0 saturated carbocycles. The van der Waals surface area contributed by atoms with Gasteiger partial charge in [-0.05, 0) is 16.8 Å². The van der Waals surface area contributed by atoms with Gasteiger partial charge < -0.3 is 5.11 Å². The monoisotopic (exact) mass is 286 g/mol. The van der Waals surface area contributed by atoms with Crippen molar-refractivity contribution in [2.45, 2.75) is 0 Å². The molecule has 0 aliphatic carbocycles. The molecule has 2 radical (unpaired) electrons. The summed E-state index contributed by atoms with van der Waals surface area (Å²) >= 11 is 0. The van der Waals surface area contributed by atoms with Gasteiger partial charge in [0.15, 0.2) is 0 Å². The number of hydrogen-bond donors (Lipinski definition) is 1. The van der Waals surface area contributed by atoms with Crippen molar-refractivity contribution in [2.24, 2.45) is 0 Å². The molecular formula is C11H8CoMnO2. The number of aromatic carboxylic acids is 1. The molecule has 0 bridgehead atoms. The van der Waals surface area contributed by atoms with Gasteiger partial charge in [-0.25, -0.2) is 4.79 Å². The second-order valence-corrected chi connectivity index (χ2v) is 2.83. The van der Waals surface area contributed by atoms with E-state index >= 15 is 0 Å². The van der Waals surface area contributed by atoms with Crippen LogP contribution in [0.2, 0.25) is 0 Å². The van der Waals surface area contributed by atoms with Crippen LogP contribution >= 0.6 is 0 Å². The van der Waals surface area contributed by atoms with Crippen LogP contribution in [0.25, 0.3) is 10.8 Å². The Bertz CT molecular complexity index is 466. The van der Waals surface area contributed by atoms with E-state index in [1.54, 1.807) is 12.1 Å².